The van der Waals surface area contributed by atoms with Crippen LogP contribution >= 0.6 is 0 Å². The molecule has 1 aromatic carbocycles. The average molecular weight is 583 g/mol. The molecule has 6 fully saturated rings. The topological polar surface area (TPSA) is 107 Å². The van der Waals surface area contributed by atoms with E-state index in [4.69, 9.17) is 18.9 Å². The van der Waals surface area contributed by atoms with Gasteiger partial charge in [0.15, 0.2) is 0 Å². The first-order chi connectivity index (χ1) is 20.2. The van der Waals surface area contributed by atoms with Gasteiger partial charge in [0.1, 0.15) is 0 Å². The van der Waals surface area contributed by atoms with Crippen molar-refractivity contribution in [2.24, 2.45) is 40.4 Å². The molecule has 1 heterocycles. The summed E-state index contributed by atoms with van der Waals surface area (Å²) < 4.78 is 25.4. The van der Waals surface area contributed by atoms with Gasteiger partial charge in [0, 0.05) is 75.8 Å². The molecule has 1 aliphatic heterocycles. The van der Waals surface area contributed by atoms with Crippen LogP contribution in [0.15, 0.2) is 24.3 Å². The zero-order chi connectivity index (χ0) is 29.6. The van der Waals surface area contributed by atoms with Crippen molar-refractivity contribution in [1.29, 1.82) is 0 Å². The predicted molar refractivity (Wildman–Crippen MR) is 155 cm³/mol. The Bertz CT molecular complexity index is 1260. The molecular weight excluding hydrogens is 536 g/mol. The van der Waals surface area contributed by atoms with Crippen molar-refractivity contribution < 1.29 is 33.6 Å². The number of benzene rings is 1. The Morgan fingerprint density at radius 3 is 2.60 bits per heavy atom. The normalized spacial score (nSPS) is 46.4. The molecule has 12 atom stereocenters. The van der Waals surface area contributed by atoms with Gasteiger partial charge in [-0.25, -0.2) is 4.79 Å². The highest BCUT2D eigenvalue weighted by Crippen LogP contribution is 2.79. The van der Waals surface area contributed by atoms with Crippen LogP contribution in [0, 0.1) is 40.4 Å². The Labute approximate surface area is 248 Å². The summed E-state index contributed by atoms with van der Waals surface area (Å²) in [6.45, 7) is 5.76. The Balaban J connectivity index is 1.30. The number of piperidine rings is 1. The van der Waals surface area contributed by atoms with Crippen LogP contribution in [0.1, 0.15) is 56.3 Å². The van der Waals surface area contributed by atoms with Crippen LogP contribution in [0.3, 0.4) is 0 Å². The van der Waals surface area contributed by atoms with Gasteiger partial charge in [-0.15, -0.1) is 0 Å². The largest absolute Gasteiger partial charge is 0.461 e. The van der Waals surface area contributed by atoms with Crippen LogP contribution in [-0.2, 0) is 23.7 Å². The molecule has 1 aromatic rings. The first kappa shape index (κ1) is 28.7. The van der Waals surface area contributed by atoms with E-state index < -0.39 is 17.7 Å². The van der Waals surface area contributed by atoms with E-state index in [9.17, 15) is 14.7 Å². The third kappa shape index (κ3) is 3.49. The molecule has 1 spiro atoms. The number of para-hydroxylation sites is 1. The van der Waals surface area contributed by atoms with Crippen molar-refractivity contribution in [2.45, 2.75) is 75.9 Å². The van der Waals surface area contributed by atoms with E-state index in [1.54, 1.807) is 31.4 Å². The Kier molecular flexibility index (Phi) is 6.83. The second kappa shape index (κ2) is 9.99. The van der Waals surface area contributed by atoms with Gasteiger partial charge < -0.3 is 29.4 Å². The van der Waals surface area contributed by atoms with E-state index >= 15 is 0 Å². The lowest BCUT2D eigenvalue weighted by atomic mass is 9.43. The number of nitrogens with zero attached hydrogens (tertiary/aromatic N) is 1. The fourth-order valence-corrected chi connectivity index (χ4v) is 12.0. The average Bonchev–Trinajstić information content (AvgIpc) is 3.39. The lowest BCUT2D eigenvalue weighted by Crippen LogP contribution is -2.76. The number of rotatable bonds is 8. The number of esters is 1. The summed E-state index contributed by atoms with van der Waals surface area (Å²) in [6.07, 6.45) is 4.10. The van der Waals surface area contributed by atoms with Crippen LogP contribution in [-0.4, -0.2) is 92.9 Å². The Hall–Kier alpha value is -2.04. The number of hydrogen-bond donors (Lipinski definition) is 2. The van der Waals surface area contributed by atoms with E-state index in [-0.39, 0.29) is 64.6 Å². The number of fused-ring (bicyclic) bond motifs is 2. The number of amides is 1. The summed E-state index contributed by atoms with van der Waals surface area (Å²) in [5.41, 5.74) is -0.00297. The number of ether oxygens (including phenoxy) is 4. The monoisotopic (exact) mass is 582 g/mol. The van der Waals surface area contributed by atoms with E-state index in [1.807, 2.05) is 14.2 Å². The van der Waals surface area contributed by atoms with Crippen LogP contribution in [0.5, 0.6) is 0 Å². The summed E-state index contributed by atoms with van der Waals surface area (Å²) >= 11 is 0. The van der Waals surface area contributed by atoms with Gasteiger partial charge >= 0.3 is 5.97 Å². The second-order valence-electron chi connectivity index (χ2n) is 14.0. The highest BCUT2D eigenvalue weighted by atomic mass is 16.5. The third-order valence-electron chi connectivity index (χ3n) is 13.0. The summed E-state index contributed by atoms with van der Waals surface area (Å²) in [6, 6.07) is 7.32. The summed E-state index contributed by atoms with van der Waals surface area (Å²) in [4.78, 5) is 28.0. The lowest BCUT2D eigenvalue weighted by Gasteiger charge is -2.69. The van der Waals surface area contributed by atoms with Gasteiger partial charge in [-0.3, -0.25) is 9.69 Å². The molecule has 5 aliphatic carbocycles. The van der Waals surface area contributed by atoms with Gasteiger partial charge in [0.25, 0.3) is 0 Å². The summed E-state index contributed by atoms with van der Waals surface area (Å²) in [5.74, 6) is 0.253. The number of carbonyl (C=O) groups is 2. The number of aliphatic hydroxyl groups excluding tert-OH is 1. The molecule has 0 aromatic heterocycles. The lowest BCUT2D eigenvalue weighted by molar-refractivity contribution is -0.280. The van der Waals surface area contributed by atoms with E-state index in [2.05, 4.69) is 17.1 Å². The fourth-order valence-electron chi connectivity index (χ4n) is 12.0. The molecule has 1 saturated heterocycles. The Morgan fingerprint density at radius 2 is 1.90 bits per heavy atom. The molecule has 6 aliphatic rings. The number of carbonyl (C=O) groups excluding carboxylic acids is 2. The molecule has 5 saturated carbocycles. The fraction of sp³-hybridized carbons (Fsp3) is 0.758. The molecular formula is C33H46N2O7. The van der Waals surface area contributed by atoms with Crippen molar-refractivity contribution in [3.8, 4) is 0 Å². The SMILES string of the molecule is CCN1C[C@]2(COC(=O)c3ccccc3NC(C)=O)CC[C@H](OC)[C@@]34[C@@H]5C[C@H]6[C@H](O)[C@@H]5[C@](OC)(C[C@@H]6OC)[C@@H](C[C@H]23)[C@@H]14. The Morgan fingerprint density at radius 1 is 1.12 bits per heavy atom. The minimum absolute atomic E-state index is 0.0224. The maximum atomic E-state index is 13.6. The van der Waals surface area contributed by atoms with E-state index in [0.717, 1.165) is 45.2 Å². The molecule has 2 N–H and O–H groups in total. The number of likely N-dealkylation sites (tertiary alicyclic amines) is 1. The molecule has 0 unspecified atom stereocenters. The van der Waals surface area contributed by atoms with Crippen LogP contribution in [0.2, 0.25) is 0 Å². The van der Waals surface area contributed by atoms with Crippen molar-refractivity contribution in [1.82, 2.24) is 4.90 Å². The quantitative estimate of drug-likeness (QED) is 0.450. The van der Waals surface area contributed by atoms with Crippen LogP contribution in [0.4, 0.5) is 5.69 Å². The molecule has 9 nitrogen and oxygen atoms in total. The smallest absolute Gasteiger partial charge is 0.340 e. The van der Waals surface area contributed by atoms with Crippen LogP contribution < -0.4 is 5.32 Å². The zero-order valence-electron chi connectivity index (χ0n) is 25.5. The molecule has 42 heavy (non-hydrogen) atoms. The number of aliphatic hydroxyl groups is 1. The first-order valence-electron chi connectivity index (χ1n) is 15.8. The second-order valence-corrected chi connectivity index (χ2v) is 14.0. The van der Waals surface area contributed by atoms with E-state index in [0.29, 0.717) is 17.9 Å². The highest BCUT2D eigenvalue weighted by Gasteiger charge is 2.84. The minimum Gasteiger partial charge on any atom is -0.461 e. The number of nitrogens with one attached hydrogen (secondary N) is 1. The van der Waals surface area contributed by atoms with Gasteiger partial charge in [-0.05, 0) is 56.2 Å². The van der Waals surface area contributed by atoms with Crippen LogP contribution in [0.25, 0.3) is 0 Å². The molecule has 9 heteroatoms. The predicted octanol–water partition coefficient (Wildman–Crippen LogP) is 3.35. The number of methoxy groups -OCH3 is 3. The van der Waals surface area contributed by atoms with Crippen molar-refractivity contribution in [3.05, 3.63) is 29.8 Å². The van der Waals surface area contributed by atoms with Gasteiger partial charge in [0.2, 0.25) is 5.91 Å². The van der Waals surface area contributed by atoms with Gasteiger partial charge in [-0.2, -0.15) is 0 Å². The highest BCUT2D eigenvalue weighted by molar-refractivity contribution is 6.00. The van der Waals surface area contributed by atoms with Crippen molar-refractivity contribution in [2.75, 3.05) is 46.3 Å². The standard InChI is InChI=1S/C33H46N2O7/c1-6-35-16-31(17-42-30(38)19-9-7-8-10-23(19)34-18(2)36)12-11-26(40-4)33-21-13-20-24(39-3)15-32(41-5,27(21)28(20)37)22(29(33)35)14-25(31)33/h7-10,20-22,24-29,37H,6,11-17H2,1-5H3,(H,34,36)/t20-,21-,22+,24+,25-,26+,27-,28+,29-,31+,32+,33-/m1/s1. The third-order valence-corrected chi connectivity index (χ3v) is 13.0. The molecule has 0 radical (unpaired) electrons. The minimum atomic E-state index is -0.459. The number of anilines is 1. The van der Waals surface area contributed by atoms with E-state index in [1.165, 1.54) is 6.92 Å². The maximum absolute atomic E-state index is 13.6. The maximum Gasteiger partial charge on any atom is 0.340 e. The number of hydrogen-bond acceptors (Lipinski definition) is 8. The van der Waals surface area contributed by atoms with Crippen molar-refractivity contribution >= 4 is 17.6 Å². The summed E-state index contributed by atoms with van der Waals surface area (Å²) in [7, 11) is 5.48. The summed E-state index contributed by atoms with van der Waals surface area (Å²) in [5, 5.41) is 14.6. The van der Waals surface area contributed by atoms with Gasteiger partial charge in [0.05, 0.1) is 41.8 Å². The molecule has 230 valence electrons. The molecule has 7 rings (SSSR count). The first-order valence-corrected chi connectivity index (χ1v) is 15.8. The zero-order valence-corrected chi connectivity index (χ0v) is 25.5. The van der Waals surface area contributed by atoms with Gasteiger partial charge in [-0.1, -0.05) is 19.1 Å². The molecule has 1 amide bonds. The molecule has 7 bridgehead atoms. The van der Waals surface area contributed by atoms with Crippen molar-refractivity contribution in [3.63, 3.8) is 0 Å².